The van der Waals surface area contributed by atoms with Crippen LogP contribution < -0.4 is 11.1 Å². The lowest BCUT2D eigenvalue weighted by molar-refractivity contribution is -0.128. The van der Waals surface area contributed by atoms with E-state index in [0.29, 0.717) is 13.1 Å². The summed E-state index contributed by atoms with van der Waals surface area (Å²) in [6, 6.07) is 8.20. The molecule has 1 amide bonds. The molecule has 0 atom stereocenters. The molecule has 20 heavy (non-hydrogen) atoms. The molecule has 0 saturated heterocycles. The SMILES string of the molecule is NCCCNC(=O)C1(c2cccc(Br)c2)CCCCC1. The Morgan fingerprint density at radius 2 is 2.05 bits per heavy atom. The van der Waals surface area contributed by atoms with Gasteiger partial charge in [0.05, 0.1) is 5.41 Å². The topological polar surface area (TPSA) is 55.1 Å². The monoisotopic (exact) mass is 338 g/mol. The van der Waals surface area contributed by atoms with Crippen LogP contribution in [0.3, 0.4) is 0 Å². The summed E-state index contributed by atoms with van der Waals surface area (Å²) in [7, 11) is 0. The molecule has 2 rings (SSSR count). The van der Waals surface area contributed by atoms with Crippen LogP contribution in [-0.4, -0.2) is 19.0 Å². The van der Waals surface area contributed by atoms with Crippen LogP contribution >= 0.6 is 15.9 Å². The first-order valence-electron chi connectivity index (χ1n) is 7.43. The Morgan fingerprint density at radius 1 is 1.30 bits per heavy atom. The van der Waals surface area contributed by atoms with Gasteiger partial charge in [-0.1, -0.05) is 47.3 Å². The predicted molar refractivity (Wildman–Crippen MR) is 85.6 cm³/mol. The average Bonchev–Trinajstić information content (AvgIpc) is 2.48. The third-order valence-electron chi connectivity index (χ3n) is 4.19. The number of nitrogens with two attached hydrogens (primary N) is 1. The van der Waals surface area contributed by atoms with Crippen molar-refractivity contribution in [2.75, 3.05) is 13.1 Å². The molecule has 0 aromatic heterocycles. The lowest BCUT2D eigenvalue weighted by Crippen LogP contribution is -2.46. The molecule has 1 fully saturated rings. The van der Waals surface area contributed by atoms with Gasteiger partial charge >= 0.3 is 0 Å². The molecular weight excluding hydrogens is 316 g/mol. The summed E-state index contributed by atoms with van der Waals surface area (Å²) >= 11 is 3.52. The maximum absolute atomic E-state index is 12.7. The van der Waals surface area contributed by atoms with Gasteiger partial charge in [0.15, 0.2) is 0 Å². The zero-order valence-corrected chi connectivity index (χ0v) is 13.4. The van der Waals surface area contributed by atoms with E-state index in [1.165, 1.54) is 6.42 Å². The van der Waals surface area contributed by atoms with Gasteiger partial charge < -0.3 is 11.1 Å². The number of hydrogen-bond acceptors (Lipinski definition) is 2. The van der Waals surface area contributed by atoms with Crippen molar-refractivity contribution in [2.24, 2.45) is 5.73 Å². The number of hydrogen-bond donors (Lipinski definition) is 2. The van der Waals surface area contributed by atoms with Gasteiger partial charge in [-0.25, -0.2) is 0 Å². The molecule has 0 unspecified atom stereocenters. The standard InChI is InChI=1S/C16H23BrN2O/c17-14-7-4-6-13(12-14)16(8-2-1-3-9-16)15(20)19-11-5-10-18/h4,6-7,12H,1-3,5,8-11,18H2,(H,19,20). The lowest BCUT2D eigenvalue weighted by Gasteiger charge is -2.36. The fourth-order valence-corrected chi connectivity index (χ4v) is 3.46. The van der Waals surface area contributed by atoms with E-state index in [0.717, 1.165) is 42.1 Å². The second-order valence-electron chi connectivity index (χ2n) is 5.55. The molecule has 0 spiro atoms. The van der Waals surface area contributed by atoms with Crippen molar-refractivity contribution in [1.29, 1.82) is 0 Å². The molecule has 110 valence electrons. The van der Waals surface area contributed by atoms with Crippen LogP contribution in [0, 0.1) is 0 Å². The molecule has 0 bridgehead atoms. The molecule has 4 heteroatoms. The zero-order valence-electron chi connectivity index (χ0n) is 11.8. The number of carbonyl (C=O) groups is 1. The zero-order chi connectivity index (χ0) is 14.4. The largest absolute Gasteiger partial charge is 0.355 e. The summed E-state index contributed by atoms with van der Waals surface area (Å²) in [5.41, 5.74) is 6.29. The molecular formula is C16H23BrN2O. The molecule has 3 nitrogen and oxygen atoms in total. The van der Waals surface area contributed by atoms with E-state index in [1.54, 1.807) is 0 Å². The lowest BCUT2D eigenvalue weighted by atomic mass is 9.68. The smallest absolute Gasteiger partial charge is 0.230 e. The van der Waals surface area contributed by atoms with Crippen LogP contribution in [0.4, 0.5) is 0 Å². The minimum atomic E-state index is -0.351. The van der Waals surface area contributed by atoms with Gasteiger partial charge in [-0.3, -0.25) is 4.79 Å². The first-order chi connectivity index (χ1) is 9.69. The van der Waals surface area contributed by atoms with Gasteiger partial charge in [-0.15, -0.1) is 0 Å². The van der Waals surface area contributed by atoms with Crippen molar-refractivity contribution in [1.82, 2.24) is 5.32 Å². The Balaban J connectivity index is 2.23. The minimum absolute atomic E-state index is 0.170. The Morgan fingerprint density at radius 3 is 2.70 bits per heavy atom. The molecule has 1 saturated carbocycles. The number of amides is 1. The highest BCUT2D eigenvalue weighted by molar-refractivity contribution is 9.10. The van der Waals surface area contributed by atoms with Crippen molar-refractivity contribution in [3.8, 4) is 0 Å². The van der Waals surface area contributed by atoms with Crippen LogP contribution in [0.2, 0.25) is 0 Å². The molecule has 0 aliphatic heterocycles. The summed E-state index contributed by atoms with van der Waals surface area (Å²) in [6.07, 6.45) is 6.19. The van der Waals surface area contributed by atoms with Crippen LogP contribution in [0.5, 0.6) is 0 Å². The number of rotatable bonds is 5. The van der Waals surface area contributed by atoms with Crippen LogP contribution in [-0.2, 0) is 10.2 Å². The van der Waals surface area contributed by atoms with E-state index in [2.05, 4.69) is 33.4 Å². The first-order valence-corrected chi connectivity index (χ1v) is 8.23. The third-order valence-corrected chi connectivity index (χ3v) is 4.68. The highest BCUT2D eigenvalue weighted by Gasteiger charge is 2.40. The Labute approximate surface area is 129 Å². The fraction of sp³-hybridized carbons (Fsp3) is 0.562. The summed E-state index contributed by atoms with van der Waals surface area (Å²) in [4.78, 5) is 12.7. The minimum Gasteiger partial charge on any atom is -0.355 e. The van der Waals surface area contributed by atoms with Gasteiger partial charge in [0.2, 0.25) is 5.91 Å². The summed E-state index contributed by atoms with van der Waals surface area (Å²) in [6.45, 7) is 1.29. The molecule has 1 aliphatic rings. The Bertz CT molecular complexity index is 456. The highest BCUT2D eigenvalue weighted by Crippen LogP contribution is 2.40. The number of halogens is 1. The van der Waals surface area contributed by atoms with E-state index in [9.17, 15) is 4.79 Å². The molecule has 3 N–H and O–H groups in total. The second kappa shape index (κ2) is 7.23. The van der Waals surface area contributed by atoms with E-state index < -0.39 is 0 Å². The van der Waals surface area contributed by atoms with E-state index >= 15 is 0 Å². The summed E-state index contributed by atoms with van der Waals surface area (Å²) < 4.78 is 1.04. The van der Waals surface area contributed by atoms with Gasteiger partial charge in [-0.2, -0.15) is 0 Å². The summed E-state index contributed by atoms with van der Waals surface area (Å²) in [5, 5.41) is 3.08. The first kappa shape index (κ1) is 15.5. The van der Waals surface area contributed by atoms with Crippen LogP contribution in [0.25, 0.3) is 0 Å². The van der Waals surface area contributed by atoms with Crippen molar-refractivity contribution < 1.29 is 4.79 Å². The van der Waals surface area contributed by atoms with E-state index in [4.69, 9.17) is 5.73 Å². The molecule has 1 aromatic carbocycles. The van der Waals surface area contributed by atoms with Crippen molar-refractivity contribution >= 4 is 21.8 Å². The van der Waals surface area contributed by atoms with Gasteiger partial charge in [0, 0.05) is 11.0 Å². The highest BCUT2D eigenvalue weighted by atomic mass is 79.9. The average molecular weight is 339 g/mol. The molecule has 1 aromatic rings. The number of carbonyl (C=O) groups excluding carboxylic acids is 1. The molecule has 0 heterocycles. The maximum Gasteiger partial charge on any atom is 0.230 e. The fourth-order valence-electron chi connectivity index (χ4n) is 3.06. The molecule has 0 radical (unpaired) electrons. The van der Waals surface area contributed by atoms with Gasteiger partial charge in [-0.05, 0) is 43.5 Å². The van der Waals surface area contributed by atoms with Crippen molar-refractivity contribution in [3.05, 3.63) is 34.3 Å². The van der Waals surface area contributed by atoms with Gasteiger partial charge in [0.25, 0.3) is 0 Å². The third kappa shape index (κ3) is 3.41. The van der Waals surface area contributed by atoms with E-state index in [-0.39, 0.29) is 11.3 Å². The van der Waals surface area contributed by atoms with Gasteiger partial charge in [0.1, 0.15) is 0 Å². The van der Waals surface area contributed by atoms with Crippen molar-refractivity contribution in [2.45, 2.75) is 43.9 Å². The maximum atomic E-state index is 12.7. The van der Waals surface area contributed by atoms with Crippen LogP contribution in [0.15, 0.2) is 28.7 Å². The second-order valence-corrected chi connectivity index (χ2v) is 6.47. The van der Waals surface area contributed by atoms with E-state index in [1.807, 2.05) is 12.1 Å². The number of nitrogens with one attached hydrogen (secondary N) is 1. The normalized spacial score (nSPS) is 17.7. The van der Waals surface area contributed by atoms with Crippen LogP contribution in [0.1, 0.15) is 44.1 Å². The quantitative estimate of drug-likeness (QED) is 0.810. The Hall–Kier alpha value is -0.870. The number of benzene rings is 1. The Kier molecular flexibility index (Phi) is 5.61. The van der Waals surface area contributed by atoms with Crippen molar-refractivity contribution in [3.63, 3.8) is 0 Å². The summed E-state index contributed by atoms with van der Waals surface area (Å²) in [5.74, 6) is 0.170. The molecule has 1 aliphatic carbocycles. The predicted octanol–water partition coefficient (Wildman–Crippen LogP) is 3.12.